The molecule has 0 fully saturated rings. The Labute approximate surface area is 169 Å². The summed E-state index contributed by atoms with van der Waals surface area (Å²) in [6.07, 6.45) is 1.62. The first kappa shape index (κ1) is 18.6. The molecule has 28 heavy (non-hydrogen) atoms. The Bertz CT molecular complexity index is 1070. The average Bonchev–Trinajstić information content (AvgIpc) is 2.71. The summed E-state index contributed by atoms with van der Waals surface area (Å²) in [6.45, 7) is 6.14. The molecule has 1 aromatic heterocycles. The highest BCUT2D eigenvalue weighted by Crippen LogP contribution is 2.46. The summed E-state index contributed by atoms with van der Waals surface area (Å²) < 4.78 is 7.88. The van der Waals surface area contributed by atoms with Gasteiger partial charge < -0.3 is 14.2 Å². The number of halogens is 1. The molecule has 0 aliphatic carbocycles. The number of benzene rings is 2. The number of hydrogen-bond donors (Lipinski definition) is 1. The summed E-state index contributed by atoms with van der Waals surface area (Å²) in [7, 11) is 1.83. The normalized spacial score (nSPS) is 14.8. The van der Waals surface area contributed by atoms with Crippen LogP contribution in [0.2, 0.25) is 5.02 Å². The molecule has 1 unspecified atom stereocenters. The molecule has 2 aromatic carbocycles. The average molecular weight is 395 g/mol. The van der Waals surface area contributed by atoms with Crippen LogP contribution in [-0.4, -0.2) is 22.6 Å². The largest absolute Gasteiger partial charge is 0.438 e. The summed E-state index contributed by atoms with van der Waals surface area (Å²) in [6, 6.07) is 14.1. The van der Waals surface area contributed by atoms with Crippen molar-refractivity contribution in [3.8, 4) is 11.6 Å². The molecular weight excluding hydrogens is 372 g/mol. The van der Waals surface area contributed by atoms with E-state index < -0.39 is 0 Å². The van der Waals surface area contributed by atoms with Gasteiger partial charge in [-0.2, -0.15) is 0 Å². The Hall–Kier alpha value is -2.79. The number of aromatic nitrogens is 2. The summed E-state index contributed by atoms with van der Waals surface area (Å²) in [5.41, 5.74) is 4.38. The van der Waals surface area contributed by atoms with Gasteiger partial charge in [-0.3, -0.25) is 5.41 Å². The number of aryl methyl sites for hydroxylation is 1. The SMILES string of the molecule is CCN(CC)c1ccc2c(c1)Oc1ncn(C)c(=N)c1C2c1ccc(Cl)cc1. The van der Waals surface area contributed by atoms with E-state index in [4.69, 9.17) is 21.7 Å². The number of nitrogens with one attached hydrogen (secondary N) is 1. The number of fused-ring (bicyclic) bond motifs is 2. The third kappa shape index (κ3) is 3.06. The highest BCUT2D eigenvalue weighted by molar-refractivity contribution is 6.30. The molecule has 2 heterocycles. The van der Waals surface area contributed by atoms with Crippen LogP contribution in [0.15, 0.2) is 48.8 Å². The molecular formula is C22H23ClN4O. The molecule has 6 heteroatoms. The van der Waals surface area contributed by atoms with Gasteiger partial charge in [-0.15, -0.1) is 0 Å². The third-order valence-corrected chi connectivity index (χ3v) is 5.57. The lowest BCUT2D eigenvalue weighted by molar-refractivity contribution is 0.425. The van der Waals surface area contributed by atoms with Crippen LogP contribution in [0.25, 0.3) is 0 Å². The molecule has 0 radical (unpaired) electrons. The van der Waals surface area contributed by atoms with Crippen molar-refractivity contribution in [1.82, 2.24) is 9.55 Å². The highest BCUT2D eigenvalue weighted by Gasteiger charge is 2.32. The first-order valence-corrected chi connectivity index (χ1v) is 9.83. The summed E-state index contributed by atoms with van der Waals surface area (Å²) in [5.74, 6) is 1.15. The van der Waals surface area contributed by atoms with Crippen LogP contribution in [-0.2, 0) is 7.05 Å². The number of hydrogen-bond acceptors (Lipinski definition) is 4. The van der Waals surface area contributed by atoms with E-state index in [2.05, 4.69) is 41.9 Å². The standard InChI is InChI=1S/C22H23ClN4O/c1-4-27(5-2)16-10-11-17-18(12-16)28-22-20(21(24)26(3)13-25-22)19(17)14-6-8-15(23)9-7-14/h6-13,19,24H,4-5H2,1-3H3. The van der Waals surface area contributed by atoms with Crippen LogP contribution < -0.4 is 15.1 Å². The second-order valence-electron chi connectivity index (χ2n) is 6.90. The van der Waals surface area contributed by atoms with Crippen LogP contribution in [0.3, 0.4) is 0 Å². The molecule has 0 saturated carbocycles. The van der Waals surface area contributed by atoms with Crippen LogP contribution in [0.4, 0.5) is 5.69 Å². The minimum absolute atomic E-state index is 0.130. The van der Waals surface area contributed by atoms with E-state index in [9.17, 15) is 0 Å². The van der Waals surface area contributed by atoms with Gasteiger partial charge in [-0.25, -0.2) is 4.98 Å². The zero-order valence-corrected chi connectivity index (χ0v) is 17.0. The smallest absolute Gasteiger partial charge is 0.228 e. The minimum atomic E-state index is -0.130. The zero-order valence-electron chi connectivity index (χ0n) is 16.2. The van der Waals surface area contributed by atoms with E-state index >= 15 is 0 Å². The van der Waals surface area contributed by atoms with E-state index in [1.807, 2.05) is 31.3 Å². The Morgan fingerprint density at radius 3 is 2.54 bits per heavy atom. The summed E-state index contributed by atoms with van der Waals surface area (Å²) in [5, 5.41) is 9.31. The van der Waals surface area contributed by atoms with Gasteiger partial charge in [-0.1, -0.05) is 29.8 Å². The molecule has 0 amide bonds. The molecule has 5 nitrogen and oxygen atoms in total. The van der Waals surface area contributed by atoms with Crippen LogP contribution in [0.1, 0.15) is 36.5 Å². The molecule has 1 aliphatic rings. The molecule has 144 valence electrons. The Kier molecular flexibility index (Phi) is 4.85. The second-order valence-corrected chi connectivity index (χ2v) is 7.34. The predicted octanol–water partition coefficient (Wildman–Crippen LogP) is 4.69. The number of nitrogens with zero attached hydrogens (tertiary/aromatic N) is 3. The fourth-order valence-electron chi connectivity index (χ4n) is 3.80. The van der Waals surface area contributed by atoms with Gasteiger partial charge in [0, 0.05) is 48.4 Å². The Balaban J connectivity index is 1.93. The fraction of sp³-hybridized carbons (Fsp3) is 0.273. The lowest BCUT2D eigenvalue weighted by Crippen LogP contribution is -2.28. The van der Waals surface area contributed by atoms with Crippen molar-refractivity contribution in [2.75, 3.05) is 18.0 Å². The van der Waals surface area contributed by atoms with Gasteiger partial charge in [-0.05, 0) is 37.6 Å². The first-order chi connectivity index (χ1) is 13.5. The maximum atomic E-state index is 8.62. The first-order valence-electron chi connectivity index (χ1n) is 9.45. The fourth-order valence-corrected chi connectivity index (χ4v) is 3.92. The number of ether oxygens (including phenoxy) is 1. The second kappa shape index (κ2) is 7.32. The monoisotopic (exact) mass is 394 g/mol. The number of anilines is 1. The quantitative estimate of drug-likeness (QED) is 0.546. The predicted molar refractivity (Wildman–Crippen MR) is 112 cm³/mol. The Morgan fingerprint density at radius 1 is 1.14 bits per heavy atom. The minimum Gasteiger partial charge on any atom is -0.438 e. The molecule has 4 rings (SSSR count). The van der Waals surface area contributed by atoms with Gasteiger partial charge in [0.2, 0.25) is 5.88 Å². The van der Waals surface area contributed by atoms with E-state index in [0.717, 1.165) is 41.2 Å². The van der Waals surface area contributed by atoms with Gasteiger partial charge in [0.25, 0.3) is 0 Å². The zero-order chi connectivity index (χ0) is 19.8. The molecule has 1 atom stereocenters. The molecule has 1 N–H and O–H groups in total. The van der Waals surface area contributed by atoms with Crippen molar-refractivity contribution < 1.29 is 4.74 Å². The third-order valence-electron chi connectivity index (χ3n) is 5.32. The van der Waals surface area contributed by atoms with Crippen LogP contribution >= 0.6 is 11.6 Å². The topological polar surface area (TPSA) is 54.1 Å². The lowest BCUT2D eigenvalue weighted by Gasteiger charge is -2.30. The van der Waals surface area contributed by atoms with E-state index in [1.54, 1.807) is 10.9 Å². The van der Waals surface area contributed by atoms with Crippen molar-refractivity contribution in [3.63, 3.8) is 0 Å². The lowest BCUT2D eigenvalue weighted by atomic mass is 9.84. The van der Waals surface area contributed by atoms with Crippen molar-refractivity contribution in [3.05, 3.63) is 76.0 Å². The van der Waals surface area contributed by atoms with Crippen LogP contribution in [0.5, 0.6) is 11.6 Å². The summed E-state index contributed by atoms with van der Waals surface area (Å²) >= 11 is 6.11. The van der Waals surface area contributed by atoms with Gasteiger partial charge in [0.1, 0.15) is 11.2 Å². The molecule has 0 spiro atoms. The Morgan fingerprint density at radius 2 is 1.86 bits per heavy atom. The van der Waals surface area contributed by atoms with Crippen molar-refractivity contribution in [2.45, 2.75) is 19.8 Å². The molecule has 0 bridgehead atoms. The number of rotatable bonds is 4. The highest BCUT2D eigenvalue weighted by atomic mass is 35.5. The van der Waals surface area contributed by atoms with Gasteiger partial charge >= 0.3 is 0 Å². The van der Waals surface area contributed by atoms with E-state index in [-0.39, 0.29) is 5.92 Å². The van der Waals surface area contributed by atoms with Crippen LogP contribution in [0, 0.1) is 5.41 Å². The van der Waals surface area contributed by atoms with Gasteiger partial charge in [0.15, 0.2) is 0 Å². The van der Waals surface area contributed by atoms with Gasteiger partial charge in [0.05, 0.1) is 11.9 Å². The maximum Gasteiger partial charge on any atom is 0.228 e. The van der Waals surface area contributed by atoms with Crippen molar-refractivity contribution in [2.24, 2.45) is 7.05 Å². The van der Waals surface area contributed by atoms with E-state index in [0.29, 0.717) is 16.4 Å². The molecule has 3 aromatic rings. The molecule has 0 saturated heterocycles. The molecule has 1 aliphatic heterocycles. The maximum absolute atomic E-state index is 8.62. The van der Waals surface area contributed by atoms with Crippen molar-refractivity contribution >= 4 is 17.3 Å². The summed E-state index contributed by atoms with van der Waals surface area (Å²) in [4.78, 5) is 6.75. The van der Waals surface area contributed by atoms with E-state index in [1.165, 1.54) is 0 Å². The van der Waals surface area contributed by atoms with Crippen molar-refractivity contribution in [1.29, 1.82) is 5.41 Å².